The number of nitrogens with zero attached hydrogens (tertiary/aromatic N) is 3. The van der Waals surface area contributed by atoms with Gasteiger partial charge >= 0.3 is 6.03 Å². The highest BCUT2D eigenvalue weighted by Gasteiger charge is 2.19. The Morgan fingerprint density at radius 3 is 2.47 bits per heavy atom. The molecular formula is C21H17ClN6O2. The first-order chi connectivity index (χ1) is 14.4. The highest BCUT2D eigenvalue weighted by molar-refractivity contribution is 6.31. The van der Waals surface area contributed by atoms with E-state index in [0.29, 0.717) is 38.6 Å². The van der Waals surface area contributed by atoms with Gasteiger partial charge in [-0.1, -0.05) is 29.8 Å². The van der Waals surface area contributed by atoms with Gasteiger partial charge in [-0.3, -0.25) is 4.79 Å². The van der Waals surface area contributed by atoms with Crippen LogP contribution in [0.2, 0.25) is 5.02 Å². The summed E-state index contributed by atoms with van der Waals surface area (Å²) in [6, 6.07) is 13.0. The van der Waals surface area contributed by atoms with Crippen LogP contribution in [0.1, 0.15) is 15.9 Å². The summed E-state index contributed by atoms with van der Waals surface area (Å²) in [4.78, 5) is 33.6. The predicted molar refractivity (Wildman–Crippen MR) is 117 cm³/mol. The molecule has 2 aromatic carbocycles. The molecule has 2 heterocycles. The summed E-state index contributed by atoms with van der Waals surface area (Å²) in [5, 5.41) is 6.42. The zero-order valence-corrected chi connectivity index (χ0v) is 16.6. The Kier molecular flexibility index (Phi) is 5.07. The second-order valence-electron chi connectivity index (χ2n) is 6.61. The van der Waals surface area contributed by atoms with Crippen molar-refractivity contribution in [3.63, 3.8) is 0 Å². The van der Waals surface area contributed by atoms with Crippen LogP contribution in [0.25, 0.3) is 11.0 Å². The van der Waals surface area contributed by atoms with Crippen molar-refractivity contribution in [1.82, 2.24) is 14.5 Å². The fourth-order valence-corrected chi connectivity index (χ4v) is 3.35. The number of halogens is 1. The minimum absolute atomic E-state index is 0.235. The van der Waals surface area contributed by atoms with Gasteiger partial charge in [0.25, 0.3) is 0 Å². The van der Waals surface area contributed by atoms with E-state index in [0.717, 1.165) is 0 Å². The zero-order valence-electron chi connectivity index (χ0n) is 15.9. The molecule has 4 N–H and O–H groups in total. The van der Waals surface area contributed by atoms with E-state index in [9.17, 15) is 9.59 Å². The van der Waals surface area contributed by atoms with E-state index < -0.39 is 6.03 Å². The molecule has 0 radical (unpaired) electrons. The lowest BCUT2D eigenvalue weighted by Crippen LogP contribution is -2.19. The SMILES string of the molecule is Cn1cc(C(=O)c2cccc(NC(=O)Nc3cccc(Cl)c3)c2)c2c(N)ncnc21. The number of fused-ring (bicyclic) bond motifs is 1. The average Bonchev–Trinajstić information content (AvgIpc) is 3.05. The van der Waals surface area contributed by atoms with Gasteiger partial charge in [0.1, 0.15) is 17.8 Å². The molecule has 0 atom stereocenters. The van der Waals surface area contributed by atoms with E-state index in [1.54, 1.807) is 66.3 Å². The summed E-state index contributed by atoms with van der Waals surface area (Å²) in [5.74, 6) is -0.0138. The van der Waals surface area contributed by atoms with Gasteiger partial charge < -0.3 is 20.9 Å². The van der Waals surface area contributed by atoms with Gasteiger partial charge in [0.05, 0.1) is 10.9 Å². The minimum atomic E-state index is -0.454. The molecule has 9 heteroatoms. The maximum Gasteiger partial charge on any atom is 0.323 e. The number of anilines is 3. The Balaban J connectivity index is 1.58. The number of aromatic nitrogens is 3. The maximum atomic E-state index is 13.1. The lowest BCUT2D eigenvalue weighted by atomic mass is 10.0. The molecule has 0 aliphatic rings. The van der Waals surface area contributed by atoms with Crippen molar-refractivity contribution < 1.29 is 9.59 Å². The summed E-state index contributed by atoms with van der Waals surface area (Å²) < 4.78 is 1.72. The topological polar surface area (TPSA) is 115 Å². The van der Waals surface area contributed by atoms with Crippen molar-refractivity contribution in [3.05, 3.63) is 77.2 Å². The van der Waals surface area contributed by atoms with Crippen LogP contribution in [0.4, 0.5) is 22.0 Å². The molecule has 0 spiro atoms. The standard InChI is InChI=1S/C21H17ClN6O2/c1-28-10-16(17-19(23)24-11-25-20(17)28)18(29)12-4-2-6-14(8-12)26-21(30)27-15-7-3-5-13(22)9-15/h2-11H,1H3,(H2,23,24,25)(H2,26,27,30). The number of nitrogens with two attached hydrogens (primary N) is 1. The van der Waals surface area contributed by atoms with Crippen LogP contribution in [-0.2, 0) is 7.05 Å². The maximum absolute atomic E-state index is 13.1. The summed E-state index contributed by atoms with van der Waals surface area (Å²) in [6.45, 7) is 0. The third kappa shape index (κ3) is 3.81. The Hall–Kier alpha value is -3.91. The molecule has 0 aliphatic heterocycles. The Labute approximate surface area is 176 Å². The van der Waals surface area contributed by atoms with Crippen LogP contribution in [0, 0.1) is 0 Å². The molecular weight excluding hydrogens is 404 g/mol. The lowest BCUT2D eigenvalue weighted by Gasteiger charge is -2.09. The quantitative estimate of drug-likeness (QED) is 0.430. The molecule has 2 aromatic heterocycles. The van der Waals surface area contributed by atoms with Crippen molar-refractivity contribution in [2.24, 2.45) is 7.05 Å². The fraction of sp³-hybridized carbons (Fsp3) is 0.0476. The number of nitrogens with one attached hydrogen (secondary N) is 2. The monoisotopic (exact) mass is 420 g/mol. The smallest absolute Gasteiger partial charge is 0.323 e. The zero-order chi connectivity index (χ0) is 21.3. The van der Waals surface area contributed by atoms with Gasteiger partial charge in [0.15, 0.2) is 5.78 Å². The molecule has 0 bridgehead atoms. The molecule has 0 saturated heterocycles. The molecule has 0 unspecified atom stereocenters. The molecule has 0 fully saturated rings. The first kappa shape index (κ1) is 19.4. The van der Waals surface area contributed by atoms with Crippen LogP contribution in [-0.4, -0.2) is 26.3 Å². The molecule has 4 aromatic rings. The number of carbonyl (C=O) groups excluding carboxylic acids is 2. The van der Waals surface area contributed by atoms with Crippen molar-refractivity contribution in [3.8, 4) is 0 Å². The highest BCUT2D eigenvalue weighted by atomic mass is 35.5. The van der Waals surface area contributed by atoms with Crippen molar-refractivity contribution in [1.29, 1.82) is 0 Å². The number of hydrogen-bond donors (Lipinski definition) is 3. The van der Waals surface area contributed by atoms with Gasteiger partial charge in [0.2, 0.25) is 0 Å². The first-order valence-corrected chi connectivity index (χ1v) is 9.34. The normalized spacial score (nSPS) is 10.7. The van der Waals surface area contributed by atoms with Crippen LogP contribution < -0.4 is 16.4 Å². The largest absolute Gasteiger partial charge is 0.383 e. The number of nitrogen functional groups attached to an aromatic ring is 1. The third-order valence-electron chi connectivity index (χ3n) is 4.49. The first-order valence-electron chi connectivity index (χ1n) is 8.96. The van der Waals surface area contributed by atoms with E-state index in [1.165, 1.54) is 6.33 Å². The van der Waals surface area contributed by atoms with Crippen LogP contribution in [0.5, 0.6) is 0 Å². The number of benzene rings is 2. The van der Waals surface area contributed by atoms with E-state index in [1.807, 2.05) is 0 Å². The molecule has 0 aliphatic carbocycles. The Morgan fingerprint density at radius 1 is 1.03 bits per heavy atom. The fourth-order valence-electron chi connectivity index (χ4n) is 3.16. The Morgan fingerprint density at radius 2 is 1.73 bits per heavy atom. The number of amides is 2. The van der Waals surface area contributed by atoms with Crippen LogP contribution in [0.15, 0.2) is 61.1 Å². The van der Waals surface area contributed by atoms with Crippen LogP contribution >= 0.6 is 11.6 Å². The average molecular weight is 421 g/mol. The van der Waals surface area contributed by atoms with E-state index >= 15 is 0 Å². The minimum Gasteiger partial charge on any atom is -0.383 e. The predicted octanol–water partition coefficient (Wildman–Crippen LogP) is 4.08. The molecule has 150 valence electrons. The summed E-state index contributed by atoms with van der Waals surface area (Å²) in [7, 11) is 1.78. The van der Waals surface area contributed by atoms with Crippen molar-refractivity contribution >= 4 is 51.6 Å². The lowest BCUT2D eigenvalue weighted by molar-refractivity contribution is 0.104. The van der Waals surface area contributed by atoms with Gasteiger partial charge in [0, 0.05) is 35.2 Å². The van der Waals surface area contributed by atoms with Crippen molar-refractivity contribution in [2.45, 2.75) is 0 Å². The number of aryl methyl sites for hydroxylation is 1. The molecule has 2 amide bonds. The van der Waals surface area contributed by atoms with E-state index in [2.05, 4.69) is 20.6 Å². The summed E-state index contributed by atoms with van der Waals surface area (Å²) in [6.07, 6.45) is 3.03. The second-order valence-corrected chi connectivity index (χ2v) is 7.05. The number of rotatable bonds is 4. The number of ketones is 1. The highest BCUT2D eigenvalue weighted by Crippen LogP contribution is 2.26. The number of hydrogen-bond acceptors (Lipinski definition) is 5. The van der Waals surface area contributed by atoms with E-state index in [-0.39, 0.29) is 11.6 Å². The van der Waals surface area contributed by atoms with E-state index in [4.69, 9.17) is 17.3 Å². The van der Waals surface area contributed by atoms with Gasteiger partial charge in [-0.15, -0.1) is 0 Å². The van der Waals surface area contributed by atoms with Crippen molar-refractivity contribution in [2.75, 3.05) is 16.4 Å². The molecule has 0 saturated carbocycles. The molecule has 4 rings (SSSR count). The summed E-state index contributed by atoms with van der Waals surface area (Å²) in [5.41, 5.74) is 8.35. The second kappa shape index (κ2) is 7.84. The number of carbonyl (C=O) groups is 2. The summed E-state index contributed by atoms with van der Waals surface area (Å²) >= 11 is 5.93. The molecule has 30 heavy (non-hydrogen) atoms. The van der Waals surface area contributed by atoms with Gasteiger partial charge in [-0.2, -0.15) is 0 Å². The third-order valence-corrected chi connectivity index (χ3v) is 4.73. The molecule has 8 nitrogen and oxygen atoms in total. The van der Waals surface area contributed by atoms with Gasteiger partial charge in [-0.05, 0) is 30.3 Å². The number of urea groups is 1. The van der Waals surface area contributed by atoms with Crippen LogP contribution in [0.3, 0.4) is 0 Å². The van der Waals surface area contributed by atoms with Gasteiger partial charge in [-0.25, -0.2) is 14.8 Å². The Bertz CT molecular complexity index is 1280.